The fraction of sp³-hybridized carbons (Fsp3) is 0.684. The molecule has 4 atom stereocenters. The zero-order chi connectivity index (χ0) is 14.7. The summed E-state index contributed by atoms with van der Waals surface area (Å²) < 4.78 is 5.35. The molecule has 2 aliphatic carbocycles. The highest BCUT2D eigenvalue weighted by atomic mass is 16.5. The van der Waals surface area contributed by atoms with Crippen molar-refractivity contribution >= 4 is 0 Å². The van der Waals surface area contributed by atoms with Gasteiger partial charge in [0.1, 0.15) is 5.75 Å². The summed E-state index contributed by atoms with van der Waals surface area (Å²) in [4.78, 5) is 0. The fourth-order valence-electron chi connectivity index (χ4n) is 4.47. The molecule has 2 heteroatoms. The number of rotatable bonds is 4. The van der Waals surface area contributed by atoms with Crippen molar-refractivity contribution in [3.63, 3.8) is 0 Å². The average Bonchev–Trinajstić information content (AvgIpc) is 2.55. The van der Waals surface area contributed by atoms with E-state index >= 15 is 0 Å². The molecule has 2 saturated carbocycles. The van der Waals surface area contributed by atoms with Gasteiger partial charge in [-0.3, -0.25) is 0 Å². The van der Waals surface area contributed by atoms with Crippen LogP contribution in [0.25, 0.3) is 0 Å². The Balaban J connectivity index is 1.66. The SMILES string of the molecule is COc1cccc([C@H](C)NC2CCCC3CCCCC32)c1. The highest BCUT2D eigenvalue weighted by Crippen LogP contribution is 2.41. The molecule has 1 aromatic rings. The van der Waals surface area contributed by atoms with E-state index in [1.54, 1.807) is 7.11 Å². The number of ether oxygens (including phenoxy) is 1. The van der Waals surface area contributed by atoms with E-state index in [4.69, 9.17) is 4.74 Å². The van der Waals surface area contributed by atoms with E-state index in [0.717, 1.165) is 17.6 Å². The van der Waals surface area contributed by atoms with E-state index in [-0.39, 0.29) is 0 Å². The smallest absolute Gasteiger partial charge is 0.119 e. The van der Waals surface area contributed by atoms with Crippen molar-refractivity contribution < 1.29 is 4.74 Å². The molecule has 3 unspecified atom stereocenters. The van der Waals surface area contributed by atoms with Gasteiger partial charge in [-0.05, 0) is 49.3 Å². The van der Waals surface area contributed by atoms with Gasteiger partial charge in [-0.25, -0.2) is 0 Å². The minimum absolute atomic E-state index is 0.408. The molecule has 0 aromatic heterocycles. The third kappa shape index (κ3) is 3.42. The van der Waals surface area contributed by atoms with Crippen molar-refractivity contribution in [2.75, 3.05) is 7.11 Å². The quantitative estimate of drug-likeness (QED) is 0.866. The van der Waals surface area contributed by atoms with Crippen LogP contribution in [0.15, 0.2) is 24.3 Å². The molecule has 1 N–H and O–H groups in total. The summed E-state index contributed by atoms with van der Waals surface area (Å²) in [6.07, 6.45) is 10.0. The van der Waals surface area contributed by atoms with Crippen LogP contribution in [-0.2, 0) is 0 Å². The Kier molecular flexibility index (Phi) is 4.84. The second-order valence-electron chi connectivity index (χ2n) is 6.91. The molecular formula is C19H29NO. The standard InChI is InChI=1S/C19H29NO/c1-14(16-9-5-10-17(13-16)21-2)20-19-12-6-8-15-7-3-4-11-18(15)19/h5,9-10,13-15,18-20H,3-4,6-8,11-12H2,1-2H3/t14-,15?,18?,19?/m0/s1. The number of nitrogens with one attached hydrogen (secondary N) is 1. The molecule has 0 spiro atoms. The van der Waals surface area contributed by atoms with Crippen molar-refractivity contribution in [2.45, 2.75) is 64.0 Å². The summed E-state index contributed by atoms with van der Waals surface area (Å²) in [7, 11) is 1.74. The first-order valence-electron chi connectivity index (χ1n) is 8.68. The van der Waals surface area contributed by atoms with Crippen LogP contribution in [0.4, 0.5) is 0 Å². The van der Waals surface area contributed by atoms with Crippen LogP contribution in [0.1, 0.15) is 63.5 Å². The van der Waals surface area contributed by atoms with Gasteiger partial charge in [0.15, 0.2) is 0 Å². The highest BCUT2D eigenvalue weighted by Gasteiger charge is 2.35. The molecule has 0 amide bonds. The summed E-state index contributed by atoms with van der Waals surface area (Å²) in [6, 6.07) is 9.61. The monoisotopic (exact) mass is 287 g/mol. The summed E-state index contributed by atoms with van der Waals surface area (Å²) in [5.41, 5.74) is 1.34. The Labute approximate surface area is 129 Å². The number of methoxy groups -OCH3 is 1. The lowest BCUT2D eigenvalue weighted by molar-refractivity contribution is 0.120. The number of benzene rings is 1. The van der Waals surface area contributed by atoms with Gasteiger partial charge < -0.3 is 10.1 Å². The number of fused-ring (bicyclic) bond motifs is 1. The van der Waals surface area contributed by atoms with E-state index in [1.807, 2.05) is 6.07 Å². The van der Waals surface area contributed by atoms with Crippen molar-refractivity contribution in [1.82, 2.24) is 5.32 Å². The predicted octanol–water partition coefficient (Wildman–Crippen LogP) is 4.70. The molecule has 0 radical (unpaired) electrons. The zero-order valence-electron chi connectivity index (χ0n) is 13.5. The van der Waals surface area contributed by atoms with Crippen molar-refractivity contribution in [3.05, 3.63) is 29.8 Å². The Morgan fingerprint density at radius 1 is 1.10 bits per heavy atom. The van der Waals surface area contributed by atoms with Crippen molar-refractivity contribution in [2.24, 2.45) is 11.8 Å². The number of hydrogen-bond donors (Lipinski definition) is 1. The lowest BCUT2D eigenvalue weighted by atomic mass is 9.68. The lowest BCUT2D eigenvalue weighted by Crippen LogP contribution is -2.44. The molecule has 1 aromatic carbocycles. The minimum Gasteiger partial charge on any atom is -0.497 e. The maximum absolute atomic E-state index is 5.35. The van der Waals surface area contributed by atoms with Crippen molar-refractivity contribution in [3.8, 4) is 5.75 Å². The summed E-state index contributed by atoms with van der Waals surface area (Å²) in [5, 5.41) is 3.93. The molecule has 3 rings (SSSR count). The van der Waals surface area contributed by atoms with Gasteiger partial charge in [-0.15, -0.1) is 0 Å². The topological polar surface area (TPSA) is 21.3 Å². The van der Waals surface area contributed by atoms with E-state index in [1.165, 1.54) is 50.5 Å². The third-order valence-electron chi connectivity index (χ3n) is 5.63. The van der Waals surface area contributed by atoms with E-state index < -0.39 is 0 Å². The molecule has 2 aliphatic rings. The van der Waals surface area contributed by atoms with Gasteiger partial charge in [0, 0.05) is 12.1 Å². The van der Waals surface area contributed by atoms with E-state index in [0.29, 0.717) is 12.1 Å². The third-order valence-corrected chi connectivity index (χ3v) is 5.63. The van der Waals surface area contributed by atoms with E-state index in [2.05, 4.69) is 30.4 Å². The largest absolute Gasteiger partial charge is 0.497 e. The molecular weight excluding hydrogens is 258 g/mol. The van der Waals surface area contributed by atoms with E-state index in [9.17, 15) is 0 Å². The molecule has 0 aliphatic heterocycles. The van der Waals surface area contributed by atoms with Crippen LogP contribution in [0, 0.1) is 11.8 Å². The van der Waals surface area contributed by atoms with Crippen LogP contribution in [0.3, 0.4) is 0 Å². The second kappa shape index (κ2) is 6.83. The first-order valence-corrected chi connectivity index (χ1v) is 8.68. The first-order chi connectivity index (χ1) is 10.3. The molecule has 2 nitrogen and oxygen atoms in total. The van der Waals surface area contributed by atoms with Crippen molar-refractivity contribution in [1.29, 1.82) is 0 Å². The normalized spacial score (nSPS) is 30.5. The molecule has 2 fully saturated rings. The van der Waals surface area contributed by atoms with Gasteiger partial charge >= 0.3 is 0 Å². The van der Waals surface area contributed by atoms with Gasteiger partial charge in [0.05, 0.1) is 7.11 Å². The Morgan fingerprint density at radius 3 is 2.76 bits per heavy atom. The van der Waals surface area contributed by atoms with Crippen LogP contribution < -0.4 is 10.1 Å². The molecule has 21 heavy (non-hydrogen) atoms. The van der Waals surface area contributed by atoms with Crippen LogP contribution in [-0.4, -0.2) is 13.2 Å². The van der Waals surface area contributed by atoms with Crippen LogP contribution in [0.5, 0.6) is 5.75 Å². The van der Waals surface area contributed by atoms with Gasteiger partial charge in [-0.1, -0.05) is 44.2 Å². The van der Waals surface area contributed by atoms with Gasteiger partial charge in [0.25, 0.3) is 0 Å². The van der Waals surface area contributed by atoms with Gasteiger partial charge in [0.2, 0.25) is 0 Å². The minimum atomic E-state index is 0.408. The molecule has 116 valence electrons. The van der Waals surface area contributed by atoms with Gasteiger partial charge in [-0.2, -0.15) is 0 Å². The average molecular weight is 287 g/mol. The summed E-state index contributed by atoms with van der Waals surface area (Å²) in [6.45, 7) is 2.29. The maximum Gasteiger partial charge on any atom is 0.119 e. The summed E-state index contributed by atoms with van der Waals surface area (Å²) >= 11 is 0. The maximum atomic E-state index is 5.35. The second-order valence-corrected chi connectivity index (χ2v) is 6.91. The Morgan fingerprint density at radius 2 is 1.90 bits per heavy atom. The number of hydrogen-bond acceptors (Lipinski definition) is 2. The lowest BCUT2D eigenvalue weighted by Gasteiger charge is -2.43. The highest BCUT2D eigenvalue weighted by molar-refractivity contribution is 5.30. The Bertz CT molecular complexity index is 457. The zero-order valence-corrected chi connectivity index (χ0v) is 13.5. The molecule has 0 saturated heterocycles. The van der Waals surface area contributed by atoms with Crippen LogP contribution in [0.2, 0.25) is 0 Å². The predicted molar refractivity (Wildman–Crippen MR) is 87.6 cm³/mol. The molecule has 0 heterocycles. The first kappa shape index (κ1) is 14.9. The molecule has 0 bridgehead atoms. The van der Waals surface area contributed by atoms with Crippen LogP contribution >= 0.6 is 0 Å². The fourth-order valence-corrected chi connectivity index (χ4v) is 4.47. The summed E-state index contributed by atoms with van der Waals surface area (Å²) in [5.74, 6) is 2.86. The Hall–Kier alpha value is -1.02.